The smallest absolute Gasteiger partial charge is 0.143 e. The van der Waals surface area contributed by atoms with Crippen LogP contribution in [0.15, 0.2) is 55.6 Å². The highest BCUT2D eigenvalue weighted by Crippen LogP contribution is 2.16. The van der Waals surface area contributed by atoms with Crippen molar-refractivity contribution in [1.82, 2.24) is 29.4 Å². The Morgan fingerprint density at radius 2 is 1.68 bits per heavy atom. The number of aromatic nitrogens is 5. The molecule has 3 aromatic heterocycles. The first kappa shape index (κ1) is 15.7. The fraction of sp³-hybridized carbons (Fsp3) is 0.333. The van der Waals surface area contributed by atoms with Crippen molar-refractivity contribution in [3.05, 3.63) is 61.2 Å². The average Bonchev–Trinajstić information content (AvgIpc) is 3.23. The van der Waals surface area contributed by atoms with Crippen molar-refractivity contribution < 1.29 is 0 Å². The normalized spacial score (nSPS) is 15.4. The summed E-state index contributed by atoms with van der Waals surface area (Å²) in [7, 11) is 0. The van der Waals surface area contributed by atoms with Crippen molar-refractivity contribution in [2.45, 2.75) is 6.42 Å². The molecule has 1 aliphatic heterocycles. The van der Waals surface area contributed by atoms with Crippen LogP contribution < -0.4 is 4.90 Å². The van der Waals surface area contributed by atoms with Crippen LogP contribution in [0, 0.1) is 0 Å². The van der Waals surface area contributed by atoms with Crippen LogP contribution in [0.3, 0.4) is 0 Å². The maximum Gasteiger partial charge on any atom is 0.143 e. The summed E-state index contributed by atoms with van der Waals surface area (Å²) in [6.07, 6.45) is 11.8. The summed E-state index contributed by atoms with van der Waals surface area (Å²) in [5.74, 6) is 1.83. The van der Waals surface area contributed by atoms with Crippen molar-refractivity contribution in [3.8, 4) is 5.82 Å². The minimum absolute atomic E-state index is 0.850. The lowest BCUT2D eigenvalue weighted by molar-refractivity contribution is 0.260. The Balaban J connectivity index is 1.33. The van der Waals surface area contributed by atoms with E-state index >= 15 is 0 Å². The van der Waals surface area contributed by atoms with Gasteiger partial charge in [-0.25, -0.2) is 15.0 Å². The zero-order valence-corrected chi connectivity index (χ0v) is 14.1. The van der Waals surface area contributed by atoms with Gasteiger partial charge in [0.25, 0.3) is 0 Å². The number of hydrogen-bond acceptors (Lipinski definition) is 6. The van der Waals surface area contributed by atoms with Crippen molar-refractivity contribution in [2.24, 2.45) is 0 Å². The average molecular weight is 335 g/mol. The molecule has 1 saturated heterocycles. The minimum atomic E-state index is 0.850. The van der Waals surface area contributed by atoms with Crippen LogP contribution in [0.4, 0.5) is 5.82 Å². The third-order valence-electron chi connectivity index (χ3n) is 4.57. The summed E-state index contributed by atoms with van der Waals surface area (Å²) in [6, 6.07) is 6.21. The Morgan fingerprint density at radius 1 is 0.880 bits per heavy atom. The molecule has 0 aliphatic carbocycles. The van der Waals surface area contributed by atoms with E-state index in [1.807, 2.05) is 29.2 Å². The summed E-state index contributed by atoms with van der Waals surface area (Å²) in [6.45, 7) is 5.15. The standard InChI is InChI=1S/C18H21N7/c1-4-19-5-2-16(1)3-7-23-9-11-24(12-10-23)17-13-18(22-14-21-17)25-8-6-20-15-25/h1-2,4-6,8,13-15H,3,7,9-12H2. The summed E-state index contributed by atoms with van der Waals surface area (Å²) in [5.41, 5.74) is 1.35. The van der Waals surface area contributed by atoms with E-state index in [1.54, 1.807) is 18.9 Å². The van der Waals surface area contributed by atoms with Gasteiger partial charge in [-0.05, 0) is 24.1 Å². The quantitative estimate of drug-likeness (QED) is 0.703. The van der Waals surface area contributed by atoms with Gasteiger partial charge in [0.15, 0.2) is 0 Å². The second kappa shape index (κ2) is 7.40. The van der Waals surface area contributed by atoms with Gasteiger partial charge in [-0.15, -0.1) is 0 Å². The van der Waals surface area contributed by atoms with Crippen molar-refractivity contribution >= 4 is 5.82 Å². The van der Waals surface area contributed by atoms with Gasteiger partial charge in [0.1, 0.15) is 24.3 Å². The molecule has 0 radical (unpaired) electrons. The number of piperazine rings is 1. The van der Waals surface area contributed by atoms with Crippen LogP contribution in [0.2, 0.25) is 0 Å². The van der Waals surface area contributed by atoms with Gasteiger partial charge in [-0.3, -0.25) is 14.5 Å². The molecule has 0 amide bonds. The molecule has 0 bridgehead atoms. The zero-order chi connectivity index (χ0) is 16.9. The molecular weight excluding hydrogens is 314 g/mol. The monoisotopic (exact) mass is 335 g/mol. The maximum absolute atomic E-state index is 4.45. The van der Waals surface area contributed by atoms with Crippen LogP contribution in [0.5, 0.6) is 0 Å². The second-order valence-corrected chi connectivity index (χ2v) is 6.14. The molecule has 0 unspecified atom stereocenters. The van der Waals surface area contributed by atoms with E-state index in [4.69, 9.17) is 0 Å². The van der Waals surface area contributed by atoms with Crippen LogP contribution in [0.1, 0.15) is 5.56 Å². The third kappa shape index (κ3) is 3.83. The SMILES string of the molecule is c1cc(CCN2CCN(c3cc(-n4ccnc4)ncn3)CC2)ccn1. The number of pyridine rings is 1. The molecule has 0 N–H and O–H groups in total. The number of nitrogens with zero attached hydrogens (tertiary/aromatic N) is 7. The Bertz CT molecular complexity index is 780. The Hall–Kier alpha value is -2.80. The van der Waals surface area contributed by atoms with Crippen LogP contribution in [-0.4, -0.2) is 62.1 Å². The molecule has 7 heteroatoms. The highest BCUT2D eigenvalue weighted by Gasteiger charge is 2.18. The molecular formula is C18H21N7. The molecule has 7 nitrogen and oxygen atoms in total. The highest BCUT2D eigenvalue weighted by molar-refractivity contribution is 5.43. The predicted molar refractivity (Wildman–Crippen MR) is 95.7 cm³/mol. The van der Waals surface area contributed by atoms with E-state index in [2.05, 4.69) is 41.9 Å². The van der Waals surface area contributed by atoms with Gasteiger partial charge >= 0.3 is 0 Å². The zero-order valence-electron chi connectivity index (χ0n) is 14.1. The predicted octanol–water partition coefficient (Wildman–Crippen LogP) is 1.42. The van der Waals surface area contributed by atoms with Crippen molar-refractivity contribution in [3.63, 3.8) is 0 Å². The van der Waals surface area contributed by atoms with Gasteiger partial charge in [0, 0.05) is 63.6 Å². The molecule has 0 atom stereocenters. The number of rotatable bonds is 5. The lowest BCUT2D eigenvalue weighted by Gasteiger charge is -2.35. The Kier molecular flexibility index (Phi) is 4.65. The fourth-order valence-electron chi connectivity index (χ4n) is 3.08. The van der Waals surface area contributed by atoms with E-state index < -0.39 is 0 Å². The fourth-order valence-corrected chi connectivity index (χ4v) is 3.08. The first-order valence-corrected chi connectivity index (χ1v) is 8.55. The summed E-state index contributed by atoms with van der Waals surface area (Å²) < 4.78 is 1.90. The van der Waals surface area contributed by atoms with E-state index in [0.29, 0.717) is 0 Å². The second-order valence-electron chi connectivity index (χ2n) is 6.14. The molecule has 25 heavy (non-hydrogen) atoms. The molecule has 128 valence electrons. The van der Waals surface area contributed by atoms with Gasteiger partial charge < -0.3 is 4.90 Å². The minimum Gasteiger partial charge on any atom is -0.354 e. The maximum atomic E-state index is 4.45. The van der Waals surface area contributed by atoms with Gasteiger partial charge in [0.05, 0.1) is 0 Å². The molecule has 4 heterocycles. The first-order valence-electron chi connectivity index (χ1n) is 8.55. The van der Waals surface area contributed by atoms with E-state index in [1.165, 1.54) is 5.56 Å². The van der Waals surface area contributed by atoms with Crippen LogP contribution in [0.25, 0.3) is 5.82 Å². The summed E-state index contributed by atoms with van der Waals surface area (Å²) in [5, 5.41) is 0. The number of hydrogen-bond donors (Lipinski definition) is 0. The molecule has 3 aromatic rings. The number of anilines is 1. The lowest BCUT2D eigenvalue weighted by Crippen LogP contribution is -2.47. The number of imidazole rings is 1. The van der Waals surface area contributed by atoms with Crippen molar-refractivity contribution in [2.75, 3.05) is 37.6 Å². The van der Waals surface area contributed by atoms with Gasteiger partial charge in [-0.2, -0.15) is 0 Å². The van der Waals surface area contributed by atoms with Crippen LogP contribution >= 0.6 is 0 Å². The van der Waals surface area contributed by atoms with E-state index in [9.17, 15) is 0 Å². The molecule has 1 aliphatic rings. The molecule has 4 rings (SSSR count). The highest BCUT2D eigenvalue weighted by atomic mass is 15.3. The largest absolute Gasteiger partial charge is 0.354 e. The molecule has 0 saturated carbocycles. The van der Waals surface area contributed by atoms with Gasteiger partial charge in [0.2, 0.25) is 0 Å². The summed E-state index contributed by atoms with van der Waals surface area (Å²) >= 11 is 0. The van der Waals surface area contributed by atoms with Crippen LogP contribution in [-0.2, 0) is 6.42 Å². The van der Waals surface area contributed by atoms with Gasteiger partial charge in [-0.1, -0.05) is 0 Å². The summed E-state index contributed by atoms with van der Waals surface area (Å²) in [4.78, 5) is 21.8. The topological polar surface area (TPSA) is 63.0 Å². The third-order valence-corrected chi connectivity index (χ3v) is 4.57. The lowest BCUT2D eigenvalue weighted by atomic mass is 10.2. The molecule has 0 aromatic carbocycles. The first-order chi connectivity index (χ1) is 12.4. The van der Waals surface area contributed by atoms with E-state index in [-0.39, 0.29) is 0 Å². The molecule has 0 spiro atoms. The Labute approximate surface area is 147 Å². The van der Waals surface area contributed by atoms with E-state index in [0.717, 1.165) is 50.8 Å². The molecule has 1 fully saturated rings. The Morgan fingerprint density at radius 3 is 2.44 bits per heavy atom. The van der Waals surface area contributed by atoms with Crippen molar-refractivity contribution in [1.29, 1.82) is 0 Å².